The molecule has 0 aliphatic rings. The molecule has 90 valence electrons. The Labute approximate surface area is 86.2 Å². The second kappa shape index (κ2) is 5.20. The Kier molecular flexibility index (Phi) is 4.86. The predicted octanol–water partition coefficient (Wildman–Crippen LogP) is 1.62. The summed E-state index contributed by atoms with van der Waals surface area (Å²) in [5.74, 6) is 0. The van der Waals surface area contributed by atoms with E-state index in [0.29, 0.717) is 0 Å². The molecule has 0 aromatic carbocycles. The standard InChI is InChI=1S/C8H15F3N2O2/c1-7(2,3)15-6(14)12-4-5-13-8(9,10)11/h13H,4-5H2,1-3H3,(H,12,14). The molecular formula is C8H15F3N2O2. The Morgan fingerprint density at radius 1 is 1.20 bits per heavy atom. The Hall–Kier alpha value is -0.980. The highest BCUT2D eigenvalue weighted by Crippen LogP contribution is 2.08. The van der Waals surface area contributed by atoms with Crippen LogP contribution in [0.25, 0.3) is 0 Å². The molecule has 0 heterocycles. The van der Waals surface area contributed by atoms with E-state index in [-0.39, 0.29) is 13.1 Å². The van der Waals surface area contributed by atoms with Crippen LogP contribution in [0.4, 0.5) is 18.0 Å². The minimum absolute atomic E-state index is 0.144. The van der Waals surface area contributed by atoms with Gasteiger partial charge in [-0.25, -0.2) is 10.1 Å². The zero-order chi connectivity index (χ0) is 12.1. The number of ether oxygens (including phenoxy) is 1. The van der Waals surface area contributed by atoms with Crippen LogP contribution in [0.3, 0.4) is 0 Å². The zero-order valence-corrected chi connectivity index (χ0v) is 8.86. The minimum Gasteiger partial charge on any atom is -0.444 e. The molecule has 15 heavy (non-hydrogen) atoms. The molecule has 0 spiro atoms. The van der Waals surface area contributed by atoms with Gasteiger partial charge in [0.05, 0.1) is 0 Å². The first-order valence-electron chi connectivity index (χ1n) is 4.39. The maximum atomic E-state index is 11.6. The van der Waals surface area contributed by atoms with Crippen LogP contribution in [-0.4, -0.2) is 31.1 Å². The summed E-state index contributed by atoms with van der Waals surface area (Å²) in [7, 11) is 0. The number of halogens is 3. The van der Waals surface area contributed by atoms with Gasteiger partial charge in [0, 0.05) is 13.1 Å². The van der Waals surface area contributed by atoms with Gasteiger partial charge in [-0.05, 0) is 20.8 Å². The second-order valence-corrected chi connectivity index (χ2v) is 3.85. The van der Waals surface area contributed by atoms with Gasteiger partial charge in [-0.1, -0.05) is 0 Å². The number of alkyl halides is 3. The van der Waals surface area contributed by atoms with E-state index >= 15 is 0 Å². The van der Waals surface area contributed by atoms with Crippen molar-refractivity contribution in [2.75, 3.05) is 13.1 Å². The number of rotatable bonds is 3. The number of carbonyl (C=O) groups excluding carboxylic acids is 1. The third kappa shape index (κ3) is 10.9. The summed E-state index contributed by atoms with van der Waals surface area (Å²) in [6.07, 6.45) is -5.15. The average molecular weight is 228 g/mol. The smallest absolute Gasteiger partial charge is 0.444 e. The molecule has 0 atom stereocenters. The van der Waals surface area contributed by atoms with Gasteiger partial charge < -0.3 is 10.1 Å². The summed E-state index contributed by atoms with van der Waals surface area (Å²) >= 11 is 0. The highest BCUT2D eigenvalue weighted by molar-refractivity contribution is 5.67. The van der Waals surface area contributed by atoms with Crippen molar-refractivity contribution in [2.45, 2.75) is 32.7 Å². The van der Waals surface area contributed by atoms with Gasteiger partial charge in [-0.15, -0.1) is 0 Å². The number of amides is 1. The second-order valence-electron chi connectivity index (χ2n) is 3.85. The lowest BCUT2D eigenvalue weighted by atomic mass is 10.2. The molecule has 0 fully saturated rings. The summed E-state index contributed by atoms with van der Waals surface area (Å²) in [6, 6.07) is 0. The zero-order valence-electron chi connectivity index (χ0n) is 8.86. The van der Waals surface area contributed by atoms with E-state index in [1.54, 1.807) is 20.8 Å². The molecule has 0 unspecified atom stereocenters. The van der Waals surface area contributed by atoms with Gasteiger partial charge in [-0.3, -0.25) is 0 Å². The molecule has 4 nitrogen and oxygen atoms in total. The molecule has 0 aromatic heterocycles. The fraction of sp³-hybridized carbons (Fsp3) is 0.875. The van der Waals surface area contributed by atoms with E-state index in [1.807, 2.05) is 0 Å². The van der Waals surface area contributed by atoms with Crippen molar-refractivity contribution in [1.82, 2.24) is 10.6 Å². The maximum Gasteiger partial charge on any atom is 0.457 e. The maximum absolute atomic E-state index is 11.6. The first kappa shape index (κ1) is 14.0. The molecule has 0 aliphatic carbocycles. The third-order valence-corrected chi connectivity index (χ3v) is 1.12. The van der Waals surface area contributed by atoms with Gasteiger partial charge >= 0.3 is 12.4 Å². The van der Waals surface area contributed by atoms with Gasteiger partial charge in [0.2, 0.25) is 0 Å². The Bertz CT molecular complexity index is 211. The molecule has 0 bridgehead atoms. The van der Waals surface area contributed by atoms with Gasteiger partial charge in [-0.2, -0.15) is 13.2 Å². The number of hydrogen-bond donors (Lipinski definition) is 2. The summed E-state index contributed by atoms with van der Waals surface area (Å²) in [5, 5.41) is 3.46. The van der Waals surface area contributed by atoms with E-state index in [0.717, 1.165) is 0 Å². The molecule has 0 aliphatic heterocycles. The number of alkyl carbamates (subject to hydrolysis) is 1. The van der Waals surface area contributed by atoms with Crippen molar-refractivity contribution in [3.63, 3.8) is 0 Å². The predicted molar refractivity (Wildman–Crippen MR) is 48.3 cm³/mol. The van der Waals surface area contributed by atoms with Crippen molar-refractivity contribution >= 4 is 6.09 Å². The van der Waals surface area contributed by atoms with Crippen molar-refractivity contribution in [3.8, 4) is 0 Å². The first-order valence-corrected chi connectivity index (χ1v) is 4.39. The van der Waals surface area contributed by atoms with Crippen molar-refractivity contribution in [2.24, 2.45) is 0 Å². The lowest BCUT2D eigenvalue weighted by molar-refractivity contribution is -0.156. The van der Waals surface area contributed by atoms with Crippen molar-refractivity contribution in [1.29, 1.82) is 0 Å². The molecule has 0 rings (SSSR count). The van der Waals surface area contributed by atoms with Crippen LogP contribution in [0.1, 0.15) is 20.8 Å². The molecule has 0 saturated carbocycles. The monoisotopic (exact) mass is 228 g/mol. The fourth-order valence-corrected chi connectivity index (χ4v) is 0.683. The van der Waals surface area contributed by atoms with Crippen LogP contribution in [0.2, 0.25) is 0 Å². The third-order valence-electron chi connectivity index (χ3n) is 1.12. The van der Waals surface area contributed by atoms with Gasteiger partial charge in [0.15, 0.2) is 0 Å². The van der Waals surface area contributed by atoms with Crippen LogP contribution >= 0.6 is 0 Å². The molecule has 0 radical (unpaired) electrons. The van der Waals surface area contributed by atoms with Crippen molar-refractivity contribution in [3.05, 3.63) is 0 Å². The Balaban J connectivity index is 3.57. The molecule has 7 heteroatoms. The molecule has 0 saturated heterocycles. The van der Waals surface area contributed by atoms with Crippen LogP contribution < -0.4 is 10.6 Å². The van der Waals surface area contributed by atoms with E-state index < -0.39 is 18.0 Å². The van der Waals surface area contributed by atoms with E-state index in [9.17, 15) is 18.0 Å². The Morgan fingerprint density at radius 2 is 1.73 bits per heavy atom. The first-order chi connectivity index (χ1) is 6.60. The van der Waals surface area contributed by atoms with E-state index in [4.69, 9.17) is 4.74 Å². The van der Waals surface area contributed by atoms with Crippen LogP contribution in [0, 0.1) is 0 Å². The highest BCUT2D eigenvalue weighted by Gasteiger charge is 2.25. The lowest BCUT2D eigenvalue weighted by Gasteiger charge is -2.19. The molecular weight excluding hydrogens is 213 g/mol. The summed E-state index contributed by atoms with van der Waals surface area (Å²) in [6.45, 7) is 4.47. The van der Waals surface area contributed by atoms with Gasteiger partial charge in [0.25, 0.3) is 0 Å². The SMILES string of the molecule is CC(C)(C)OC(=O)NCCNC(F)(F)F. The lowest BCUT2D eigenvalue weighted by Crippen LogP contribution is -2.40. The largest absolute Gasteiger partial charge is 0.457 e. The van der Waals surface area contributed by atoms with Gasteiger partial charge in [0.1, 0.15) is 5.60 Å². The molecule has 1 amide bonds. The topological polar surface area (TPSA) is 50.4 Å². The number of hydrogen-bond acceptors (Lipinski definition) is 3. The summed E-state index contributed by atoms with van der Waals surface area (Å²) < 4.78 is 39.6. The Morgan fingerprint density at radius 3 is 2.13 bits per heavy atom. The quantitative estimate of drug-likeness (QED) is 0.570. The average Bonchev–Trinajstić information content (AvgIpc) is 1.92. The normalized spacial score (nSPS) is 12.4. The van der Waals surface area contributed by atoms with Crippen LogP contribution in [0.5, 0.6) is 0 Å². The minimum atomic E-state index is -4.42. The molecule has 0 aromatic rings. The van der Waals surface area contributed by atoms with E-state index in [2.05, 4.69) is 5.32 Å². The van der Waals surface area contributed by atoms with Crippen LogP contribution in [0.15, 0.2) is 0 Å². The van der Waals surface area contributed by atoms with Crippen LogP contribution in [-0.2, 0) is 4.74 Å². The molecule has 2 N–H and O–H groups in total. The summed E-state index contributed by atoms with van der Waals surface area (Å²) in [5.41, 5.74) is -0.651. The highest BCUT2D eigenvalue weighted by atomic mass is 19.4. The summed E-state index contributed by atoms with van der Waals surface area (Å²) in [4.78, 5) is 10.9. The van der Waals surface area contributed by atoms with Crippen molar-refractivity contribution < 1.29 is 22.7 Å². The van der Waals surface area contributed by atoms with E-state index in [1.165, 1.54) is 5.32 Å². The fourth-order valence-electron chi connectivity index (χ4n) is 0.683. The number of nitrogens with one attached hydrogen (secondary N) is 2. The number of carbonyl (C=O) groups is 1.